The zero-order chi connectivity index (χ0) is 50.7. The second kappa shape index (κ2) is 45.5. The topological polar surface area (TPSA) is 173 Å². The van der Waals surface area contributed by atoms with Crippen LogP contribution >= 0.6 is 0 Å². The third kappa shape index (κ3) is 39.8. The molecule has 3 unspecified atom stereocenters. The molecule has 71 heavy (non-hydrogen) atoms. The fraction of sp³-hybridized carbons (Fsp3) is 0.468. The van der Waals surface area contributed by atoms with Crippen molar-refractivity contribution in [1.82, 2.24) is 0 Å². The molecule has 0 saturated heterocycles. The van der Waals surface area contributed by atoms with Crippen LogP contribution in [0.3, 0.4) is 0 Å². The number of benzene rings is 3. The zero-order valence-electron chi connectivity index (χ0n) is 41.8. The van der Waals surface area contributed by atoms with Gasteiger partial charge in [0.1, 0.15) is 0 Å². The molecule has 0 aliphatic rings. The molecular weight excluding hydrogens is 889 g/mol. The summed E-state index contributed by atoms with van der Waals surface area (Å²) >= 11 is 0. The summed E-state index contributed by atoms with van der Waals surface area (Å²) in [6.45, 7) is 6.47. The number of carboxylic acid groups (broad SMARTS) is 3. The average molecular weight is 981 g/mol. The van der Waals surface area contributed by atoms with E-state index in [1.54, 1.807) is 0 Å². The Morgan fingerprint density at radius 1 is 0.408 bits per heavy atom. The maximum atomic E-state index is 10.5. The molecule has 0 spiro atoms. The Morgan fingerprint density at radius 2 is 0.746 bits per heavy atom. The lowest BCUT2D eigenvalue weighted by Gasteiger charge is -2.05. The van der Waals surface area contributed by atoms with Crippen molar-refractivity contribution in [1.29, 1.82) is 0 Å². The Balaban J connectivity index is 0. The van der Waals surface area contributed by atoms with Gasteiger partial charge in [-0.25, -0.2) is 0 Å². The van der Waals surface area contributed by atoms with Gasteiger partial charge in [-0.3, -0.25) is 14.4 Å². The van der Waals surface area contributed by atoms with E-state index in [2.05, 4.69) is 26.8 Å². The van der Waals surface area contributed by atoms with Gasteiger partial charge in [-0.05, 0) is 97.2 Å². The van der Waals surface area contributed by atoms with Crippen molar-refractivity contribution in [3.8, 4) is 0 Å². The van der Waals surface area contributed by atoms with Gasteiger partial charge in [0.25, 0.3) is 0 Å². The van der Waals surface area contributed by atoms with E-state index in [0.29, 0.717) is 19.3 Å². The number of aliphatic carboxylic acids is 3. The summed E-state index contributed by atoms with van der Waals surface area (Å²) in [5.41, 5.74) is 6.47. The minimum atomic E-state index is -0.751. The summed E-state index contributed by atoms with van der Waals surface area (Å²) in [4.78, 5) is 31.3. The van der Waals surface area contributed by atoms with Gasteiger partial charge < -0.3 is 30.6 Å². The molecule has 0 saturated carbocycles. The number of rotatable bonds is 33. The van der Waals surface area contributed by atoms with E-state index in [1.165, 1.54) is 12.8 Å². The van der Waals surface area contributed by atoms with Crippen LogP contribution in [0.2, 0.25) is 0 Å². The van der Waals surface area contributed by atoms with Crippen molar-refractivity contribution in [3.05, 3.63) is 143 Å². The molecule has 0 radical (unpaired) electrons. The molecule has 3 aromatic carbocycles. The molecular formula is C62H92O9. The van der Waals surface area contributed by atoms with Crippen LogP contribution in [-0.2, 0) is 14.4 Å². The number of unbranched alkanes of at least 4 members (excludes halogenated alkanes) is 9. The van der Waals surface area contributed by atoms with E-state index in [0.717, 1.165) is 117 Å². The van der Waals surface area contributed by atoms with Gasteiger partial charge in [0.05, 0.1) is 18.3 Å². The molecule has 9 nitrogen and oxygen atoms in total. The van der Waals surface area contributed by atoms with Crippen LogP contribution in [0.1, 0.15) is 204 Å². The number of aliphatic hydroxyl groups is 3. The predicted molar refractivity (Wildman–Crippen MR) is 302 cm³/mol. The van der Waals surface area contributed by atoms with Gasteiger partial charge in [-0.2, -0.15) is 0 Å². The van der Waals surface area contributed by atoms with Gasteiger partial charge in [0, 0.05) is 19.3 Å². The lowest BCUT2D eigenvalue weighted by atomic mass is 10.0. The molecule has 0 aliphatic heterocycles. The van der Waals surface area contributed by atoms with Crippen molar-refractivity contribution in [2.75, 3.05) is 0 Å². The molecule has 0 bridgehead atoms. The number of allylic oxidation sites excluding steroid dienone is 3. The zero-order valence-corrected chi connectivity index (χ0v) is 41.8. The summed E-state index contributed by atoms with van der Waals surface area (Å²) in [5, 5.41) is 55.5. The van der Waals surface area contributed by atoms with Crippen LogP contribution in [-0.4, -0.2) is 66.9 Å². The fourth-order valence-corrected chi connectivity index (χ4v) is 6.82. The van der Waals surface area contributed by atoms with Gasteiger partial charge in [0.15, 0.2) is 0 Å². The Labute approximate surface area is 429 Å². The Morgan fingerprint density at radius 3 is 1.15 bits per heavy atom. The van der Waals surface area contributed by atoms with Crippen molar-refractivity contribution in [2.45, 2.75) is 189 Å². The smallest absolute Gasteiger partial charge is 0.303 e. The third-order valence-corrected chi connectivity index (χ3v) is 10.9. The Kier molecular flexibility index (Phi) is 43.3. The first kappa shape index (κ1) is 67.5. The van der Waals surface area contributed by atoms with Gasteiger partial charge in [-0.1, -0.05) is 233 Å². The highest BCUT2D eigenvalue weighted by molar-refractivity contribution is 5.68. The normalized spacial score (nSPS) is 12.6. The highest BCUT2D eigenvalue weighted by Gasteiger charge is 2.03. The molecule has 9 heteroatoms. The van der Waals surface area contributed by atoms with Crippen molar-refractivity contribution in [3.63, 3.8) is 0 Å². The lowest BCUT2D eigenvalue weighted by Crippen LogP contribution is -2.01. The van der Waals surface area contributed by atoms with E-state index < -0.39 is 24.0 Å². The van der Waals surface area contributed by atoms with Crippen LogP contribution in [0.5, 0.6) is 0 Å². The first-order valence-corrected chi connectivity index (χ1v) is 25.4. The summed E-state index contributed by atoms with van der Waals surface area (Å²) in [7, 11) is 0. The molecule has 6 N–H and O–H groups in total. The molecule has 0 amide bonds. The van der Waals surface area contributed by atoms with E-state index in [-0.39, 0.29) is 46.3 Å². The Bertz CT molecular complexity index is 1990. The SMILES string of the molecule is C.C.CCCCCC(O)/C=C/c1ccc(/C=C\CCCC(=O)O)cc1.CCCCCC(O)/C=C/c1cccc(/C=C\CCCC(=O)O)c1.CCCCCC(O)/C=C/c1ccccc1/C=C\CCCC(=O)O. The van der Waals surface area contributed by atoms with Crippen LogP contribution in [0.25, 0.3) is 36.5 Å². The van der Waals surface area contributed by atoms with E-state index >= 15 is 0 Å². The molecule has 0 aliphatic carbocycles. The molecule has 394 valence electrons. The van der Waals surface area contributed by atoms with Crippen LogP contribution < -0.4 is 0 Å². The minimum Gasteiger partial charge on any atom is -0.481 e. The summed E-state index contributed by atoms with van der Waals surface area (Å²) in [6.07, 6.45) is 39.8. The van der Waals surface area contributed by atoms with E-state index in [1.807, 2.05) is 140 Å². The highest BCUT2D eigenvalue weighted by atomic mass is 16.4. The summed E-state index contributed by atoms with van der Waals surface area (Å²) < 4.78 is 0. The van der Waals surface area contributed by atoms with E-state index in [4.69, 9.17) is 15.3 Å². The van der Waals surface area contributed by atoms with Crippen LogP contribution in [0.4, 0.5) is 0 Å². The maximum absolute atomic E-state index is 10.5. The predicted octanol–water partition coefficient (Wildman–Crippen LogP) is 16.0. The standard InChI is InChI=1S/3C20H28O3.2CH4/c1-2-3-5-13-19(21)16-15-18-12-9-8-11-17(18)10-6-4-7-14-20(22)23;1-2-3-5-12-19(21)15-14-18-11-8-10-17(16-18)9-6-4-7-13-20(22)23;1-2-3-5-9-19(21)16-15-18-13-11-17(12-14-18)8-6-4-7-10-20(22)23;;/h6,8-12,15-16,19,21H,2-5,7,13-14H2,1H3,(H,22,23);6,8-11,14-16,19,21H,2-5,7,12-13H2,1H3,(H,22,23);6,8,11-16,19,21H,2-5,7,9-10H2,1H3,(H,22,23);2*1H4/b10-6-,16-15+;9-6-,15-14+;8-6-,16-15+;;. The lowest BCUT2D eigenvalue weighted by molar-refractivity contribution is -0.138. The number of carboxylic acids is 3. The summed E-state index contributed by atoms with van der Waals surface area (Å²) in [5.74, 6) is -2.24. The number of aliphatic hydroxyl groups excluding tert-OH is 3. The molecule has 3 atom stereocenters. The number of carbonyl (C=O) groups is 3. The van der Waals surface area contributed by atoms with E-state index in [9.17, 15) is 29.7 Å². The molecule has 0 heterocycles. The quantitative estimate of drug-likeness (QED) is 0.0325. The van der Waals surface area contributed by atoms with Crippen molar-refractivity contribution < 1.29 is 45.0 Å². The first-order chi connectivity index (χ1) is 33.4. The third-order valence-electron chi connectivity index (χ3n) is 10.9. The molecule has 0 fully saturated rings. The van der Waals surface area contributed by atoms with Gasteiger partial charge in [-0.15, -0.1) is 0 Å². The van der Waals surface area contributed by atoms with Crippen LogP contribution in [0.15, 0.2) is 109 Å². The molecule has 0 aromatic heterocycles. The second-order valence-corrected chi connectivity index (χ2v) is 17.3. The largest absolute Gasteiger partial charge is 0.481 e. The summed E-state index contributed by atoms with van der Waals surface area (Å²) in [6, 6.07) is 24.2. The van der Waals surface area contributed by atoms with Crippen molar-refractivity contribution in [2.24, 2.45) is 0 Å². The average Bonchev–Trinajstić information content (AvgIpc) is 3.33. The molecule has 3 aromatic rings. The monoisotopic (exact) mass is 981 g/mol. The second-order valence-electron chi connectivity index (χ2n) is 17.3. The van der Waals surface area contributed by atoms with Crippen molar-refractivity contribution >= 4 is 54.4 Å². The van der Waals surface area contributed by atoms with Gasteiger partial charge in [0.2, 0.25) is 0 Å². The first-order valence-electron chi connectivity index (χ1n) is 25.4. The van der Waals surface area contributed by atoms with Crippen LogP contribution in [0, 0.1) is 0 Å². The van der Waals surface area contributed by atoms with Gasteiger partial charge >= 0.3 is 17.9 Å². The highest BCUT2D eigenvalue weighted by Crippen LogP contribution is 2.17. The Hall–Kier alpha value is -5.61. The minimum absolute atomic E-state index is 0. The maximum Gasteiger partial charge on any atom is 0.303 e. The number of hydrogen-bond donors (Lipinski definition) is 6. The molecule has 3 rings (SSSR count). The number of hydrogen-bond acceptors (Lipinski definition) is 6. The fourth-order valence-electron chi connectivity index (χ4n) is 6.82.